The number of pyridine rings is 1. The van der Waals surface area contributed by atoms with Gasteiger partial charge in [0.05, 0.1) is 19.3 Å². The van der Waals surface area contributed by atoms with Gasteiger partial charge >= 0.3 is 5.97 Å². The molecule has 6 heteroatoms. The van der Waals surface area contributed by atoms with Crippen LogP contribution in [0.1, 0.15) is 24.8 Å². The molecule has 0 amide bonds. The number of carboxylic acid groups (broad SMARTS) is 1. The Bertz CT molecular complexity index is 499. The summed E-state index contributed by atoms with van der Waals surface area (Å²) in [6.07, 6.45) is 3.45. The fourth-order valence-electron chi connectivity index (χ4n) is 2.15. The third kappa shape index (κ3) is 3.76. The quantitative estimate of drug-likeness (QED) is 0.822. The predicted octanol–water partition coefficient (Wildman–Crippen LogP) is 1.59. The Kier molecular flexibility index (Phi) is 4.19. The van der Waals surface area contributed by atoms with Gasteiger partial charge < -0.3 is 9.84 Å². The first-order valence-corrected chi connectivity index (χ1v) is 7.58. The van der Waals surface area contributed by atoms with Gasteiger partial charge in [-0.3, -0.25) is 9.00 Å². The number of hydrogen-bond donors (Lipinski definition) is 1. The third-order valence-electron chi connectivity index (χ3n) is 3.31. The van der Waals surface area contributed by atoms with E-state index < -0.39 is 16.8 Å². The number of aliphatic carboxylic acids is 1. The van der Waals surface area contributed by atoms with Gasteiger partial charge in [-0.1, -0.05) is 6.07 Å². The minimum Gasteiger partial charge on any atom is -0.481 e. The average Bonchev–Trinajstić information content (AvgIpc) is 3.07. The van der Waals surface area contributed by atoms with E-state index in [0.717, 1.165) is 18.4 Å². The Morgan fingerprint density at radius 3 is 2.89 bits per heavy atom. The molecule has 1 saturated carbocycles. The van der Waals surface area contributed by atoms with Crippen LogP contribution in [0.4, 0.5) is 0 Å². The van der Waals surface area contributed by atoms with Crippen molar-refractivity contribution in [1.29, 1.82) is 0 Å². The van der Waals surface area contributed by atoms with Crippen LogP contribution in [0.15, 0.2) is 18.3 Å². The van der Waals surface area contributed by atoms with Gasteiger partial charge in [-0.2, -0.15) is 0 Å². The first-order chi connectivity index (χ1) is 9.04. The Morgan fingerprint density at radius 1 is 1.58 bits per heavy atom. The number of ether oxygens (including phenoxy) is 1. The Morgan fingerprint density at radius 2 is 2.32 bits per heavy atom. The molecule has 1 aromatic heterocycles. The van der Waals surface area contributed by atoms with Gasteiger partial charge in [-0.15, -0.1) is 0 Å². The van der Waals surface area contributed by atoms with Crippen molar-refractivity contribution in [2.24, 2.45) is 5.41 Å². The van der Waals surface area contributed by atoms with Crippen molar-refractivity contribution >= 4 is 16.8 Å². The zero-order valence-electron chi connectivity index (χ0n) is 10.8. The van der Waals surface area contributed by atoms with Crippen LogP contribution in [0.3, 0.4) is 0 Å². The summed E-state index contributed by atoms with van der Waals surface area (Å²) in [5.74, 6) is 0.475. The van der Waals surface area contributed by atoms with Gasteiger partial charge in [0, 0.05) is 28.3 Å². The Labute approximate surface area is 114 Å². The molecule has 2 rings (SSSR count). The van der Waals surface area contributed by atoms with Crippen LogP contribution in [0.2, 0.25) is 0 Å². The molecule has 1 fully saturated rings. The second-order valence-corrected chi connectivity index (χ2v) is 6.43. The number of nitrogens with zero attached hydrogens (tertiary/aromatic N) is 1. The topological polar surface area (TPSA) is 76.5 Å². The number of carboxylic acids is 1. The molecule has 0 aliphatic heterocycles. The van der Waals surface area contributed by atoms with E-state index in [2.05, 4.69) is 4.98 Å². The number of aromatic nitrogens is 1. The second kappa shape index (κ2) is 5.69. The summed E-state index contributed by atoms with van der Waals surface area (Å²) in [4.78, 5) is 14.8. The number of carbonyl (C=O) groups is 1. The monoisotopic (exact) mass is 283 g/mol. The van der Waals surface area contributed by atoms with Crippen molar-refractivity contribution in [2.45, 2.75) is 25.0 Å². The molecule has 19 heavy (non-hydrogen) atoms. The van der Waals surface area contributed by atoms with Crippen LogP contribution in [-0.2, 0) is 21.3 Å². The molecule has 1 unspecified atom stereocenters. The third-order valence-corrected chi connectivity index (χ3v) is 4.88. The SMILES string of the molecule is COc1ncccc1CS(=O)CC1(CC(=O)O)CC1. The molecule has 1 atom stereocenters. The van der Waals surface area contributed by atoms with E-state index in [0.29, 0.717) is 17.4 Å². The molecule has 1 aliphatic carbocycles. The highest BCUT2D eigenvalue weighted by Gasteiger charge is 2.45. The summed E-state index contributed by atoms with van der Waals surface area (Å²) in [7, 11) is 0.440. The molecule has 0 spiro atoms. The van der Waals surface area contributed by atoms with Crippen molar-refractivity contribution in [3.63, 3.8) is 0 Å². The minimum atomic E-state index is -1.09. The van der Waals surface area contributed by atoms with Crippen LogP contribution in [-0.4, -0.2) is 33.1 Å². The van der Waals surface area contributed by atoms with E-state index in [1.54, 1.807) is 12.3 Å². The summed E-state index contributed by atoms with van der Waals surface area (Å²) < 4.78 is 17.3. The normalized spacial score (nSPS) is 17.7. The van der Waals surface area contributed by atoms with Gasteiger partial charge in [-0.05, 0) is 24.3 Å². The highest BCUT2D eigenvalue weighted by molar-refractivity contribution is 7.84. The first kappa shape index (κ1) is 14.0. The fourth-order valence-corrected chi connectivity index (χ4v) is 3.90. The van der Waals surface area contributed by atoms with E-state index >= 15 is 0 Å². The van der Waals surface area contributed by atoms with Gasteiger partial charge in [0.2, 0.25) is 5.88 Å². The Hall–Kier alpha value is -1.43. The van der Waals surface area contributed by atoms with Crippen molar-refractivity contribution in [3.05, 3.63) is 23.9 Å². The summed E-state index contributed by atoms with van der Waals surface area (Å²) in [6, 6.07) is 3.61. The molecule has 1 aliphatic rings. The van der Waals surface area contributed by atoms with Gasteiger partial charge in [-0.25, -0.2) is 4.98 Å². The summed E-state index contributed by atoms with van der Waals surface area (Å²) in [5, 5.41) is 8.84. The molecular weight excluding hydrogens is 266 g/mol. The van der Waals surface area contributed by atoms with Crippen LogP contribution >= 0.6 is 0 Å². The fraction of sp³-hybridized carbons (Fsp3) is 0.538. The molecule has 0 saturated heterocycles. The number of methoxy groups -OCH3 is 1. The van der Waals surface area contributed by atoms with E-state index in [-0.39, 0.29) is 11.8 Å². The summed E-state index contributed by atoms with van der Waals surface area (Å²) in [6.45, 7) is 0. The highest BCUT2D eigenvalue weighted by atomic mass is 32.2. The molecule has 104 valence electrons. The van der Waals surface area contributed by atoms with Crippen LogP contribution < -0.4 is 4.74 Å². The molecule has 1 N–H and O–H groups in total. The summed E-state index contributed by atoms with van der Waals surface area (Å²) in [5.41, 5.74) is 0.557. The molecule has 5 nitrogen and oxygen atoms in total. The number of rotatable bonds is 7. The number of hydrogen-bond acceptors (Lipinski definition) is 4. The molecule has 0 aromatic carbocycles. The zero-order chi connectivity index (χ0) is 13.9. The maximum atomic E-state index is 12.2. The standard InChI is InChI=1S/C13H17NO4S/c1-18-12-10(3-2-6-14-12)8-19(17)9-13(4-5-13)7-11(15)16/h2-3,6H,4-5,7-9H2,1H3,(H,15,16). The predicted molar refractivity (Wildman–Crippen MR) is 71.4 cm³/mol. The van der Waals surface area contributed by atoms with Crippen LogP contribution in [0.25, 0.3) is 0 Å². The molecule has 0 bridgehead atoms. The lowest BCUT2D eigenvalue weighted by Gasteiger charge is -2.12. The van der Waals surface area contributed by atoms with E-state index in [1.165, 1.54) is 7.11 Å². The van der Waals surface area contributed by atoms with Crippen molar-refractivity contribution in [1.82, 2.24) is 4.98 Å². The van der Waals surface area contributed by atoms with Crippen molar-refractivity contribution in [2.75, 3.05) is 12.9 Å². The molecule has 1 heterocycles. The van der Waals surface area contributed by atoms with E-state index in [4.69, 9.17) is 9.84 Å². The lowest BCUT2D eigenvalue weighted by atomic mass is 10.1. The second-order valence-electron chi connectivity index (χ2n) is 4.97. The first-order valence-electron chi connectivity index (χ1n) is 6.09. The lowest BCUT2D eigenvalue weighted by molar-refractivity contribution is -0.138. The van der Waals surface area contributed by atoms with Crippen LogP contribution in [0.5, 0.6) is 5.88 Å². The van der Waals surface area contributed by atoms with Gasteiger partial charge in [0.1, 0.15) is 0 Å². The highest BCUT2D eigenvalue weighted by Crippen LogP contribution is 2.49. The molecule has 1 aromatic rings. The van der Waals surface area contributed by atoms with Gasteiger partial charge in [0.15, 0.2) is 0 Å². The van der Waals surface area contributed by atoms with Crippen molar-refractivity contribution < 1.29 is 18.8 Å². The largest absolute Gasteiger partial charge is 0.481 e. The van der Waals surface area contributed by atoms with E-state index in [1.807, 2.05) is 6.07 Å². The minimum absolute atomic E-state index is 0.114. The maximum absolute atomic E-state index is 12.2. The molecule has 0 radical (unpaired) electrons. The molecular formula is C13H17NO4S. The Balaban J connectivity index is 1.96. The zero-order valence-corrected chi connectivity index (χ0v) is 11.6. The maximum Gasteiger partial charge on any atom is 0.303 e. The van der Waals surface area contributed by atoms with E-state index in [9.17, 15) is 9.00 Å². The summed E-state index contributed by atoms with van der Waals surface area (Å²) >= 11 is 0. The van der Waals surface area contributed by atoms with Crippen LogP contribution in [0, 0.1) is 5.41 Å². The average molecular weight is 283 g/mol. The van der Waals surface area contributed by atoms with Gasteiger partial charge in [0.25, 0.3) is 0 Å². The lowest BCUT2D eigenvalue weighted by Crippen LogP contribution is -2.17. The van der Waals surface area contributed by atoms with Crippen molar-refractivity contribution in [3.8, 4) is 5.88 Å². The smallest absolute Gasteiger partial charge is 0.303 e.